The van der Waals surface area contributed by atoms with Crippen LogP contribution in [0.3, 0.4) is 0 Å². The molecule has 3 rings (SSSR count). The minimum absolute atomic E-state index is 0.0936. The Bertz CT molecular complexity index is 895. The molecule has 0 unspecified atom stereocenters. The summed E-state index contributed by atoms with van der Waals surface area (Å²) in [6.07, 6.45) is -1.40. The zero-order valence-electron chi connectivity index (χ0n) is 13.3. The molecular formula is C18H13F3N2O2S. The van der Waals surface area contributed by atoms with Gasteiger partial charge in [-0.2, -0.15) is 0 Å². The van der Waals surface area contributed by atoms with Gasteiger partial charge in [0.15, 0.2) is 0 Å². The third-order valence-electron chi connectivity index (χ3n) is 3.38. The molecule has 0 spiro atoms. The van der Waals surface area contributed by atoms with Crippen molar-refractivity contribution in [2.75, 3.05) is 0 Å². The monoisotopic (exact) mass is 378 g/mol. The van der Waals surface area contributed by atoms with E-state index < -0.39 is 6.36 Å². The molecule has 134 valence electrons. The molecule has 4 nitrogen and oxygen atoms in total. The fourth-order valence-corrected chi connectivity index (χ4v) is 3.18. The third kappa shape index (κ3) is 4.82. The molecule has 26 heavy (non-hydrogen) atoms. The number of hydrogen-bond donors (Lipinski definition) is 1. The number of alkyl halides is 3. The molecule has 0 aliphatic rings. The summed E-state index contributed by atoms with van der Waals surface area (Å²) < 4.78 is 40.6. The van der Waals surface area contributed by atoms with Crippen LogP contribution in [-0.4, -0.2) is 17.3 Å². The van der Waals surface area contributed by atoms with E-state index >= 15 is 0 Å². The summed E-state index contributed by atoms with van der Waals surface area (Å²) in [5.74, 6) is -0.613. The number of benzene rings is 1. The van der Waals surface area contributed by atoms with Gasteiger partial charge in [0.05, 0.1) is 4.88 Å². The summed E-state index contributed by atoms with van der Waals surface area (Å²) in [6, 6.07) is 12.7. The molecule has 1 N–H and O–H groups in total. The van der Waals surface area contributed by atoms with Crippen LogP contribution in [0.1, 0.15) is 15.2 Å². The zero-order chi connectivity index (χ0) is 18.6. The predicted octanol–water partition coefficient (Wildman–Crippen LogP) is 4.64. The fraction of sp³-hybridized carbons (Fsp3) is 0.111. The molecule has 0 atom stereocenters. The number of rotatable bonds is 5. The van der Waals surface area contributed by atoms with Gasteiger partial charge in [0.1, 0.15) is 5.75 Å². The number of nitrogens with one attached hydrogen (secondary N) is 1. The molecule has 0 saturated heterocycles. The van der Waals surface area contributed by atoms with Crippen molar-refractivity contribution < 1.29 is 22.7 Å². The van der Waals surface area contributed by atoms with E-state index in [4.69, 9.17) is 0 Å². The van der Waals surface area contributed by atoms with Crippen molar-refractivity contribution in [2.24, 2.45) is 0 Å². The maximum Gasteiger partial charge on any atom is 0.573 e. The zero-order valence-corrected chi connectivity index (χ0v) is 14.1. The van der Waals surface area contributed by atoms with Crippen LogP contribution < -0.4 is 10.1 Å². The topological polar surface area (TPSA) is 51.2 Å². The van der Waals surface area contributed by atoms with Gasteiger partial charge in [-0.3, -0.25) is 9.78 Å². The van der Waals surface area contributed by atoms with Gasteiger partial charge in [0, 0.05) is 23.8 Å². The number of carbonyl (C=O) groups is 1. The Kier molecular flexibility index (Phi) is 5.22. The van der Waals surface area contributed by atoms with Crippen molar-refractivity contribution >= 4 is 17.2 Å². The van der Waals surface area contributed by atoms with Crippen LogP contribution >= 0.6 is 11.3 Å². The molecule has 0 fully saturated rings. The molecule has 0 bridgehead atoms. The molecule has 1 amide bonds. The molecule has 0 aliphatic carbocycles. The van der Waals surface area contributed by atoms with Gasteiger partial charge in [0.25, 0.3) is 5.91 Å². The van der Waals surface area contributed by atoms with Crippen molar-refractivity contribution in [1.82, 2.24) is 10.3 Å². The molecule has 0 aliphatic heterocycles. The second kappa shape index (κ2) is 7.57. The number of pyridine rings is 1. The van der Waals surface area contributed by atoms with Gasteiger partial charge in [-0.25, -0.2) is 0 Å². The first kappa shape index (κ1) is 17.9. The lowest BCUT2D eigenvalue weighted by Crippen LogP contribution is -2.22. The second-order valence-corrected chi connectivity index (χ2v) is 6.36. The standard InChI is InChI=1S/C18H13F3N2O2S/c19-18(20,21)25-14-3-1-2-12(10-14)11-23-17(24)16-5-4-15(26-16)13-6-8-22-9-7-13/h1-10H,11H2,(H,23,24). The second-order valence-electron chi connectivity index (χ2n) is 5.28. The van der Waals surface area contributed by atoms with E-state index in [1.165, 1.54) is 29.5 Å². The van der Waals surface area contributed by atoms with Crippen LogP contribution in [0.2, 0.25) is 0 Å². The number of halogens is 3. The first-order chi connectivity index (χ1) is 12.4. The summed E-state index contributed by atoms with van der Waals surface area (Å²) in [5.41, 5.74) is 1.46. The number of carbonyl (C=O) groups excluding carboxylic acids is 1. The number of ether oxygens (including phenoxy) is 1. The lowest BCUT2D eigenvalue weighted by molar-refractivity contribution is -0.274. The van der Waals surface area contributed by atoms with Gasteiger partial charge < -0.3 is 10.1 Å². The number of hydrogen-bond acceptors (Lipinski definition) is 4. The van der Waals surface area contributed by atoms with E-state index in [1.807, 2.05) is 18.2 Å². The molecule has 3 aromatic rings. The highest BCUT2D eigenvalue weighted by molar-refractivity contribution is 7.17. The Morgan fingerprint density at radius 1 is 1.12 bits per heavy atom. The first-order valence-electron chi connectivity index (χ1n) is 7.54. The predicted molar refractivity (Wildman–Crippen MR) is 91.8 cm³/mol. The van der Waals surface area contributed by atoms with Gasteiger partial charge in [-0.1, -0.05) is 12.1 Å². The van der Waals surface area contributed by atoms with Crippen molar-refractivity contribution in [3.63, 3.8) is 0 Å². The van der Waals surface area contributed by atoms with Crippen molar-refractivity contribution in [3.8, 4) is 16.2 Å². The summed E-state index contributed by atoms with van der Waals surface area (Å²) in [4.78, 5) is 17.6. The number of thiophene rings is 1. The number of nitrogens with zero attached hydrogens (tertiary/aromatic N) is 1. The summed E-state index contributed by atoms with van der Waals surface area (Å²) in [6.45, 7) is 0.0936. The Morgan fingerprint density at radius 3 is 2.62 bits per heavy atom. The molecule has 1 aromatic carbocycles. The Balaban J connectivity index is 1.63. The van der Waals surface area contributed by atoms with Crippen LogP contribution in [0.5, 0.6) is 5.75 Å². The van der Waals surface area contributed by atoms with Gasteiger partial charge in [-0.15, -0.1) is 24.5 Å². The van der Waals surface area contributed by atoms with Crippen LogP contribution in [-0.2, 0) is 6.54 Å². The first-order valence-corrected chi connectivity index (χ1v) is 8.35. The van der Waals surface area contributed by atoms with Crippen LogP contribution in [0.4, 0.5) is 13.2 Å². The smallest absolute Gasteiger partial charge is 0.406 e. The SMILES string of the molecule is O=C(NCc1cccc(OC(F)(F)F)c1)c1ccc(-c2ccncc2)s1. The summed E-state index contributed by atoms with van der Waals surface area (Å²) in [5, 5.41) is 2.69. The van der Waals surface area contributed by atoms with Crippen molar-refractivity contribution in [3.05, 3.63) is 71.4 Å². The van der Waals surface area contributed by atoms with E-state index in [0.717, 1.165) is 10.4 Å². The normalized spacial score (nSPS) is 11.2. The van der Waals surface area contributed by atoms with E-state index in [1.54, 1.807) is 24.5 Å². The third-order valence-corrected chi connectivity index (χ3v) is 4.51. The van der Waals surface area contributed by atoms with E-state index in [9.17, 15) is 18.0 Å². The molecule has 2 heterocycles. The van der Waals surface area contributed by atoms with Gasteiger partial charge in [0.2, 0.25) is 0 Å². The highest BCUT2D eigenvalue weighted by atomic mass is 32.1. The minimum Gasteiger partial charge on any atom is -0.406 e. The maximum absolute atomic E-state index is 12.3. The Labute approximate surface area is 151 Å². The average Bonchev–Trinajstić information content (AvgIpc) is 3.09. The molecule has 2 aromatic heterocycles. The van der Waals surface area contributed by atoms with E-state index in [-0.39, 0.29) is 18.2 Å². The van der Waals surface area contributed by atoms with Crippen LogP contribution in [0.25, 0.3) is 10.4 Å². The van der Waals surface area contributed by atoms with Crippen molar-refractivity contribution in [1.29, 1.82) is 0 Å². The van der Waals surface area contributed by atoms with Crippen molar-refractivity contribution in [2.45, 2.75) is 12.9 Å². The quantitative estimate of drug-likeness (QED) is 0.704. The molecular weight excluding hydrogens is 365 g/mol. The molecule has 0 saturated carbocycles. The van der Waals surface area contributed by atoms with Gasteiger partial charge >= 0.3 is 6.36 Å². The summed E-state index contributed by atoms with van der Waals surface area (Å²) in [7, 11) is 0. The maximum atomic E-state index is 12.3. The van der Waals surface area contributed by atoms with Crippen LogP contribution in [0.15, 0.2) is 60.9 Å². The fourth-order valence-electron chi connectivity index (χ4n) is 2.25. The highest BCUT2D eigenvalue weighted by Crippen LogP contribution is 2.27. The Hall–Kier alpha value is -2.87. The summed E-state index contributed by atoms with van der Waals surface area (Å²) >= 11 is 1.33. The van der Waals surface area contributed by atoms with Crippen LogP contribution in [0, 0.1) is 0 Å². The highest BCUT2D eigenvalue weighted by Gasteiger charge is 2.31. The minimum atomic E-state index is -4.75. The van der Waals surface area contributed by atoms with Gasteiger partial charge in [-0.05, 0) is 47.5 Å². The largest absolute Gasteiger partial charge is 0.573 e. The van der Waals surface area contributed by atoms with E-state index in [0.29, 0.717) is 10.4 Å². The number of amides is 1. The molecule has 8 heteroatoms. The molecule has 0 radical (unpaired) electrons. The number of aromatic nitrogens is 1. The lowest BCUT2D eigenvalue weighted by Gasteiger charge is -2.10. The Morgan fingerprint density at radius 2 is 1.88 bits per heavy atom. The average molecular weight is 378 g/mol. The lowest BCUT2D eigenvalue weighted by atomic mass is 10.2. The van der Waals surface area contributed by atoms with E-state index in [2.05, 4.69) is 15.0 Å².